The third-order valence-electron chi connectivity index (χ3n) is 5.39. The molecular formula is C23H21NS. The van der Waals surface area contributed by atoms with Gasteiger partial charge in [-0.2, -0.15) is 0 Å². The van der Waals surface area contributed by atoms with Crippen LogP contribution in [-0.2, 0) is 13.5 Å². The zero-order valence-electron chi connectivity index (χ0n) is 14.7. The number of aromatic nitrogens is 1. The highest BCUT2D eigenvalue weighted by atomic mass is 32.1. The summed E-state index contributed by atoms with van der Waals surface area (Å²) in [6, 6.07) is 20.4. The molecule has 0 radical (unpaired) electrons. The number of benzene rings is 3. The lowest BCUT2D eigenvalue weighted by molar-refractivity contribution is 0.796. The maximum absolute atomic E-state index is 2.43. The van der Waals surface area contributed by atoms with Crippen LogP contribution in [0.1, 0.15) is 25.3 Å². The van der Waals surface area contributed by atoms with Crippen molar-refractivity contribution in [1.29, 1.82) is 0 Å². The summed E-state index contributed by atoms with van der Waals surface area (Å²) in [6.45, 7) is 2.26. The molecule has 3 aromatic carbocycles. The van der Waals surface area contributed by atoms with Crippen molar-refractivity contribution >= 4 is 53.3 Å². The number of fused-ring (bicyclic) bond motifs is 7. The summed E-state index contributed by atoms with van der Waals surface area (Å²) in [4.78, 5) is 0. The fraction of sp³-hybridized carbons (Fsp3) is 0.217. The van der Waals surface area contributed by atoms with Crippen LogP contribution in [0.4, 0.5) is 0 Å². The minimum absolute atomic E-state index is 1.17. The Morgan fingerprint density at radius 2 is 1.68 bits per heavy atom. The summed E-state index contributed by atoms with van der Waals surface area (Å²) >= 11 is 1.90. The van der Waals surface area contributed by atoms with E-state index in [1.165, 1.54) is 66.8 Å². The molecule has 2 aromatic heterocycles. The Hall–Kier alpha value is -2.32. The van der Waals surface area contributed by atoms with E-state index in [4.69, 9.17) is 0 Å². The van der Waals surface area contributed by atoms with Gasteiger partial charge in [-0.15, -0.1) is 11.3 Å². The molecule has 0 unspecified atom stereocenters. The Balaban J connectivity index is 1.95. The summed E-state index contributed by atoms with van der Waals surface area (Å²) in [6.07, 6.45) is 3.67. The minimum Gasteiger partial charge on any atom is -0.344 e. The standard InChI is InChI=1S/C23H21NS/c1-3-4-7-15-10-11-18-17(14-15)22-19(24(18)2)12-13-21-23(22)16-8-5-6-9-20(16)25-21/h5-6,8-14H,3-4,7H2,1-2H3. The maximum Gasteiger partial charge on any atom is 0.0496 e. The first-order chi connectivity index (χ1) is 12.3. The molecule has 0 fully saturated rings. The molecule has 2 heterocycles. The van der Waals surface area contributed by atoms with Crippen molar-refractivity contribution in [2.24, 2.45) is 7.05 Å². The largest absolute Gasteiger partial charge is 0.344 e. The molecule has 124 valence electrons. The Morgan fingerprint density at radius 3 is 2.56 bits per heavy atom. The molecule has 5 aromatic rings. The van der Waals surface area contributed by atoms with Crippen LogP contribution < -0.4 is 0 Å². The zero-order chi connectivity index (χ0) is 17.0. The number of aryl methyl sites for hydroxylation is 2. The fourth-order valence-electron chi connectivity index (χ4n) is 4.10. The second-order valence-corrected chi connectivity index (χ2v) is 8.03. The van der Waals surface area contributed by atoms with E-state index in [1.807, 2.05) is 11.3 Å². The normalized spacial score (nSPS) is 12.1. The van der Waals surface area contributed by atoms with E-state index in [1.54, 1.807) is 0 Å². The molecule has 0 amide bonds. The molecule has 0 saturated carbocycles. The van der Waals surface area contributed by atoms with E-state index in [9.17, 15) is 0 Å². The first-order valence-corrected chi connectivity index (χ1v) is 9.91. The van der Waals surface area contributed by atoms with Gasteiger partial charge in [0.25, 0.3) is 0 Å². The topological polar surface area (TPSA) is 4.93 Å². The molecular weight excluding hydrogens is 322 g/mol. The lowest BCUT2D eigenvalue weighted by Gasteiger charge is -2.02. The van der Waals surface area contributed by atoms with Crippen LogP contribution >= 0.6 is 11.3 Å². The van der Waals surface area contributed by atoms with Crippen LogP contribution in [0.15, 0.2) is 54.6 Å². The van der Waals surface area contributed by atoms with Crippen molar-refractivity contribution in [3.8, 4) is 0 Å². The number of hydrogen-bond acceptors (Lipinski definition) is 1. The summed E-state index contributed by atoms with van der Waals surface area (Å²) in [5.41, 5.74) is 4.12. The molecule has 1 nitrogen and oxygen atoms in total. The van der Waals surface area contributed by atoms with Gasteiger partial charge < -0.3 is 4.57 Å². The van der Waals surface area contributed by atoms with Crippen LogP contribution in [0.2, 0.25) is 0 Å². The third-order valence-corrected chi connectivity index (χ3v) is 6.53. The predicted octanol–water partition coefficient (Wildman–Crippen LogP) is 7.04. The third kappa shape index (κ3) is 2.14. The number of nitrogens with zero attached hydrogens (tertiary/aromatic N) is 1. The van der Waals surface area contributed by atoms with Gasteiger partial charge in [-0.3, -0.25) is 0 Å². The van der Waals surface area contributed by atoms with Crippen molar-refractivity contribution in [3.63, 3.8) is 0 Å². The molecule has 0 aliphatic heterocycles. The predicted molar refractivity (Wildman–Crippen MR) is 112 cm³/mol. The number of unbranched alkanes of at least 4 members (excludes halogenated alkanes) is 1. The summed E-state index contributed by atoms with van der Waals surface area (Å²) in [5.74, 6) is 0. The molecule has 0 N–H and O–H groups in total. The maximum atomic E-state index is 2.43. The fourth-order valence-corrected chi connectivity index (χ4v) is 5.21. The minimum atomic E-state index is 1.17. The van der Waals surface area contributed by atoms with Gasteiger partial charge >= 0.3 is 0 Å². The monoisotopic (exact) mass is 343 g/mol. The number of hydrogen-bond donors (Lipinski definition) is 0. The van der Waals surface area contributed by atoms with E-state index < -0.39 is 0 Å². The van der Waals surface area contributed by atoms with Gasteiger partial charge in [-0.1, -0.05) is 37.6 Å². The molecule has 0 bridgehead atoms. The second kappa shape index (κ2) is 5.60. The molecule has 5 rings (SSSR count). The molecule has 0 aliphatic carbocycles. The van der Waals surface area contributed by atoms with Crippen molar-refractivity contribution in [2.75, 3.05) is 0 Å². The van der Waals surface area contributed by atoms with Gasteiger partial charge in [0.15, 0.2) is 0 Å². The van der Waals surface area contributed by atoms with Crippen LogP contribution in [0, 0.1) is 0 Å². The van der Waals surface area contributed by atoms with Gasteiger partial charge in [0.1, 0.15) is 0 Å². The molecule has 0 atom stereocenters. The molecule has 0 saturated heterocycles. The Bertz CT molecular complexity index is 1240. The summed E-state index contributed by atoms with van der Waals surface area (Å²) < 4.78 is 5.12. The lowest BCUT2D eigenvalue weighted by atomic mass is 10.0. The first kappa shape index (κ1) is 15.0. The van der Waals surface area contributed by atoms with Crippen molar-refractivity contribution < 1.29 is 0 Å². The summed E-state index contributed by atoms with van der Waals surface area (Å²) in [7, 11) is 2.19. The average Bonchev–Trinajstić information content (AvgIpc) is 3.15. The van der Waals surface area contributed by atoms with Crippen LogP contribution in [-0.4, -0.2) is 4.57 Å². The molecule has 2 heteroatoms. The van der Waals surface area contributed by atoms with E-state index in [0.29, 0.717) is 0 Å². The average molecular weight is 343 g/mol. The van der Waals surface area contributed by atoms with Gasteiger partial charge in [-0.25, -0.2) is 0 Å². The molecule has 0 spiro atoms. The van der Waals surface area contributed by atoms with Gasteiger partial charge in [0.2, 0.25) is 0 Å². The van der Waals surface area contributed by atoms with Gasteiger partial charge in [0, 0.05) is 49.0 Å². The molecule has 0 aliphatic rings. The first-order valence-electron chi connectivity index (χ1n) is 9.09. The van der Waals surface area contributed by atoms with Gasteiger partial charge in [-0.05, 0) is 48.7 Å². The Kier molecular flexibility index (Phi) is 3.36. The smallest absolute Gasteiger partial charge is 0.0496 e. The van der Waals surface area contributed by atoms with E-state index >= 15 is 0 Å². The molecule has 25 heavy (non-hydrogen) atoms. The highest BCUT2D eigenvalue weighted by molar-refractivity contribution is 7.26. The van der Waals surface area contributed by atoms with E-state index in [0.717, 1.165) is 0 Å². The highest BCUT2D eigenvalue weighted by Crippen LogP contribution is 2.42. The van der Waals surface area contributed by atoms with Gasteiger partial charge in [0.05, 0.1) is 0 Å². The van der Waals surface area contributed by atoms with Crippen molar-refractivity contribution in [2.45, 2.75) is 26.2 Å². The SMILES string of the molecule is CCCCc1ccc2c(c1)c1c3c(ccc1n2C)sc1ccccc13. The Labute approximate surface area is 151 Å². The van der Waals surface area contributed by atoms with E-state index in [2.05, 4.69) is 73.1 Å². The van der Waals surface area contributed by atoms with Crippen LogP contribution in [0.5, 0.6) is 0 Å². The lowest BCUT2D eigenvalue weighted by Crippen LogP contribution is -1.87. The van der Waals surface area contributed by atoms with Crippen LogP contribution in [0.3, 0.4) is 0 Å². The van der Waals surface area contributed by atoms with Crippen molar-refractivity contribution in [1.82, 2.24) is 4.57 Å². The van der Waals surface area contributed by atoms with E-state index in [-0.39, 0.29) is 0 Å². The quantitative estimate of drug-likeness (QED) is 0.331. The summed E-state index contributed by atoms with van der Waals surface area (Å²) in [5, 5.41) is 5.64. The number of rotatable bonds is 3. The number of thiophene rings is 1. The zero-order valence-corrected chi connectivity index (χ0v) is 15.5. The van der Waals surface area contributed by atoms with Crippen LogP contribution in [0.25, 0.3) is 42.0 Å². The highest BCUT2D eigenvalue weighted by Gasteiger charge is 2.15. The van der Waals surface area contributed by atoms with Crippen molar-refractivity contribution in [3.05, 3.63) is 60.2 Å². The Morgan fingerprint density at radius 1 is 0.840 bits per heavy atom. The second-order valence-electron chi connectivity index (χ2n) is 6.95.